The Hall–Kier alpha value is -2.12. The van der Waals surface area contributed by atoms with Gasteiger partial charge in [0.25, 0.3) is 5.89 Å². The number of halogens is 1. The van der Waals surface area contributed by atoms with E-state index in [4.69, 9.17) is 4.52 Å². The highest BCUT2D eigenvalue weighted by Gasteiger charge is 2.21. The smallest absolute Gasteiger partial charge is 0.321 e. The van der Waals surface area contributed by atoms with Gasteiger partial charge in [0, 0.05) is 36.8 Å². The first-order valence-corrected chi connectivity index (χ1v) is 7.33. The third-order valence-corrected chi connectivity index (χ3v) is 3.73. The Labute approximate surface area is 140 Å². The fourth-order valence-corrected chi connectivity index (χ4v) is 2.33. The molecule has 2 amide bonds. The molecule has 1 fully saturated rings. The van der Waals surface area contributed by atoms with Gasteiger partial charge in [-0.15, -0.1) is 12.4 Å². The first-order valence-electron chi connectivity index (χ1n) is 7.33. The van der Waals surface area contributed by atoms with Crippen LogP contribution >= 0.6 is 12.4 Å². The van der Waals surface area contributed by atoms with E-state index in [0.29, 0.717) is 37.3 Å². The summed E-state index contributed by atoms with van der Waals surface area (Å²) in [6.45, 7) is 3.42. The van der Waals surface area contributed by atoms with E-state index in [9.17, 15) is 4.79 Å². The Bertz CT molecular complexity index is 658. The molecule has 2 N–H and O–H groups in total. The molecule has 0 bridgehead atoms. The van der Waals surface area contributed by atoms with Gasteiger partial charge in [0.1, 0.15) is 0 Å². The molecule has 3 rings (SSSR count). The van der Waals surface area contributed by atoms with Crippen molar-refractivity contribution < 1.29 is 9.32 Å². The molecule has 1 saturated heterocycles. The molecule has 0 saturated carbocycles. The van der Waals surface area contributed by atoms with Gasteiger partial charge >= 0.3 is 6.03 Å². The lowest BCUT2D eigenvalue weighted by molar-refractivity contribution is 0.252. The highest BCUT2D eigenvalue weighted by molar-refractivity contribution is 5.94. The minimum absolute atomic E-state index is 0. The van der Waals surface area contributed by atoms with Gasteiger partial charge in [0.05, 0.1) is 0 Å². The van der Waals surface area contributed by atoms with Crippen molar-refractivity contribution in [2.75, 3.05) is 25.0 Å². The lowest BCUT2D eigenvalue weighted by Gasteiger charge is -2.13. The number of nitrogens with one attached hydrogen (secondary N) is 2. The van der Waals surface area contributed by atoms with Gasteiger partial charge in [-0.3, -0.25) is 4.90 Å². The summed E-state index contributed by atoms with van der Waals surface area (Å²) in [7, 11) is 1.90. The molecule has 7 nitrogen and oxygen atoms in total. The van der Waals surface area contributed by atoms with Crippen LogP contribution in [0.2, 0.25) is 0 Å². The van der Waals surface area contributed by atoms with Gasteiger partial charge in [-0.1, -0.05) is 5.16 Å². The van der Waals surface area contributed by atoms with Gasteiger partial charge in [-0.05, 0) is 38.2 Å². The molecule has 1 aromatic carbocycles. The van der Waals surface area contributed by atoms with Gasteiger partial charge in [-0.25, -0.2) is 4.79 Å². The van der Waals surface area contributed by atoms with E-state index in [1.54, 1.807) is 4.90 Å². The standard InChI is InChI=1S/C15H19N5O2.ClH/c1-10(16-2)9-13-18-14(22-19-13)11-3-5-12(6-4-11)20-8-7-17-15(20)21;/h3-6,10,16H,7-9H2,1-2H3,(H,17,21);1H. The molecule has 0 radical (unpaired) electrons. The molecule has 23 heavy (non-hydrogen) atoms. The highest BCUT2D eigenvalue weighted by atomic mass is 35.5. The molecular weight excluding hydrogens is 318 g/mol. The third kappa shape index (κ3) is 3.80. The molecule has 124 valence electrons. The maximum absolute atomic E-state index is 11.6. The number of carbonyl (C=O) groups excluding carboxylic acids is 1. The Kier molecular flexibility index (Phi) is 5.57. The predicted molar refractivity (Wildman–Crippen MR) is 90.0 cm³/mol. The number of carbonyl (C=O) groups is 1. The largest absolute Gasteiger partial charge is 0.336 e. The van der Waals surface area contributed by atoms with Crippen LogP contribution in [-0.2, 0) is 6.42 Å². The molecule has 1 unspecified atom stereocenters. The topological polar surface area (TPSA) is 83.3 Å². The van der Waals surface area contributed by atoms with Crippen LogP contribution in [0.15, 0.2) is 28.8 Å². The van der Waals surface area contributed by atoms with Crippen LogP contribution in [0, 0.1) is 0 Å². The predicted octanol–water partition coefficient (Wildman–Crippen LogP) is 1.84. The van der Waals surface area contributed by atoms with Gasteiger partial charge in [0.2, 0.25) is 0 Å². The van der Waals surface area contributed by atoms with Crippen LogP contribution in [0.25, 0.3) is 11.5 Å². The zero-order chi connectivity index (χ0) is 15.5. The molecule has 2 aromatic rings. The van der Waals surface area contributed by atoms with Crippen molar-refractivity contribution in [2.45, 2.75) is 19.4 Å². The Balaban J connectivity index is 0.00000192. The zero-order valence-electron chi connectivity index (χ0n) is 13.1. The lowest BCUT2D eigenvalue weighted by atomic mass is 10.2. The number of nitrogens with zero attached hydrogens (tertiary/aromatic N) is 3. The number of rotatable bonds is 5. The third-order valence-electron chi connectivity index (χ3n) is 3.73. The molecule has 0 spiro atoms. The summed E-state index contributed by atoms with van der Waals surface area (Å²) in [5.41, 5.74) is 1.71. The SMILES string of the molecule is CNC(C)Cc1noc(-c2ccc(N3CCNC3=O)cc2)n1.Cl. The number of likely N-dealkylation sites (N-methyl/N-ethyl adjacent to an activating group) is 1. The monoisotopic (exact) mass is 337 g/mol. The van der Waals surface area contributed by atoms with Crippen molar-refractivity contribution in [3.63, 3.8) is 0 Å². The molecule has 1 aromatic heterocycles. The number of hydrogen-bond donors (Lipinski definition) is 2. The van der Waals surface area contributed by atoms with Gasteiger partial charge in [0.15, 0.2) is 5.82 Å². The van der Waals surface area contributed by atoms with Crippen LogP contribution in [0.1, 0.15) is 12.7 Å². The molecule has 0 aliphatic carbocycles. The molecule has 2 heterocycles. The Morgan fingerprint density at radius 3 is 2.74 bits per heavy atom. The minimum Gasteiger partial charge on any atom is -0.336 e. The summed E-state index contributed by atoms with van der Waals surface area (Å²) in [6.07, 6.45) is 0.714. The first-order chi connectivity index (χ1) is 10.7. The van der Waals surface area contributed by atoms with E-state index in [0.717, 1.165) is 11.3 Å². The normalized spacial score (nSPS) is 15.2. The number of aromatic nitrogens is 2. The van der Waals surface area contributed by atoms with Crippen molar-refractivity contribution in [3.8, 4) is 11.5 Å². The minimum atomic E-state index is -0.0612. The lowest BCUT2D eigenvalue weighted by Crippen LogP contribution is -2.27. The summed E-state index contributed by atoms with van der Waals surface area (Å²) < 4.78 is 5.30. The summed E-state index contributed by atoms with van der Waals surface area (Å²) in [4.78, 5) is 17.7. The van der Waals surface area contributed by atoms with Crippen LogP contribution in [-0.4, -0.2) is 42.4 Å². The van der Waals surface area contributed by atoms with Crippen molar-refractivity contribution >= 4 is 24.1 Å². The molecule has 1 atom stereocenters. The highest BCUT2D eigenvalue weighted by Crippen LogP contribution is 2.23. The van der Waals surface area contributed by atoms with Crippen LogP contribution < -0.4 is 15.5 Å². The second-order valence-corrected chi connectivity index (χ2v) is 5.34. The molecule has 8 heteroatoms. The number of urea groups is 1. The van der Waals surface area contributed by atoms with Crippen LogP contribution in [0.5, 0.6) is 0 Å². The van der Waals surface area contributed by atoms with Crippen molar-refractivity contribution in [3.05, 3.63) is 30.1 Å². The van der Waals surface area contributed by atoms with Crippen LogP contribution in [0.4, 0.5) is 10.5 Å². The fraction of sp³-hybridized carbons (Fsp3) is 0.400. The summed E-state index contributed by atoms with van der Waals surface area (Å²) in [5.74, 6) is 1.18. The zero-order valence-corrected chi connectivity index (χ0v) is 13.9. The number of benzene rings is 1. The number of hydrogen-bond acceptors (Lipinski definition) is 5. The quantitative estimate of drug-likeness (QED) is 0.869. The maximum Gasteiger partial charge on any atom is 0.321 e. The van der Waals surface area contributed by atoms with Crippen molar-refractivity contribution in [1.82, 2.24) is 20.8 Å². The van der Waals surface area contributed by atoms with Crippen molar-refractivity contribution in [1.29, 1.82) is 0 Å². The van der Waals surface area contributed by atoms with Crippen LogP contribution in [0.3, 0.4) is 0 Å². The Morgan fingerprint density at radius 2 is 2.13 bits per heavy atom. The van der Waals surface area contributed by atoms with Gasteiger partial charge < -0.3 is 15.2 Å². The summed E-state index contributed by atoms with van der Waals surface area (Å²) in [6, 6.07) is 7.79. The van der Waals surface area contributed by atoms with E-state index in [-0.39, 0.29) is 18.4 Å². The fourth-order valence-electron chi connectivity index (χ4n) is 2.33. The second-order valence-electron chi connectivity index (χ2n) is 5.34. The van der Waals surface area contributed by atoms with E-state index in [1.807, 2.05) is 31.3 Å². The molecule has 1 aliphatic heterocycles. The molecular formula is C15H20ClN5O2. The number of anilines is 1. The first kappa shape index (κ1) is 17.2. The van der Waals surface area contributed by atoms with Crippen molar-refractivity contribution in [2.24, 2.45) is 0 Å². The van der Waals surface area contributed by atoms with E-state index >= 15 is 0 Å². The van der Waals surface area contributed by atoms with Gasteiger partial charge in [-0.2, -0.15) is 4.98 Å². The van der Waals surface area contributed by atoms with E-state index < -0.39 is 0 Å². The average molecular weight is 338 g/mol. The Morgan fingerprint density at radius 1 is 1.39 bits per heavy atom. The number of amides is 2. The summed E-state index contributed by atoms with van der Waals surface area (Å²) >= 11 is 0. The second kappa shape index (κ2) is 7.43. The van der Waals surface area contributed by atoms with E-state index in [2.05, 4.69) is 27.7 Å². The maximum atomic E-state index is 11.6. The average Bonchev–Trinajstić information content (AvgIpc) is 3.16. The molecule has 1 aliphatic rings. The van der Waals surface area contributed by atoms with E-state index in [1.165, 1.54) is 0 Å². The summed E-state index contributed by atoms with van der Waals surface area (Å²) in [5, 5.41) is 9.91.